The molecule has 2 nitrogen and oxygen atoms in total. The zero-order valence-electron chi connectivity index (χ0n) is 14.7. The van der Waals surface area contributed by atoms with Gasteiger partial charge in [0.25, 0.3) is 0 Å². The molecule has 0 aliphatic heterocycles. The van der Waals surface area contributed by atoms with Crippen LogP contribution < -0.4 is 10.6 Å². The van der Waals surface area contributed by atoms with Gasteiger partial charge in [-0.05, 0) is 31.9 Å². The average molecular weight is 348 g/mol. The zero-order valence-corrected chi connectivity index (χ0v) is 15.5. The van der Waals surface area contributed by atoms with Gasteiger partial charge in [0.2, 0.25) is 0 Å². The van der Waals surface area contributed by atoms with Crippen LogP contribution in [0.2, 0.25) is 0 Å². The molecule has 126 valence electrons. The Morgan fingerprint density at radius 1 is 0.840 bits per heavy atom. The van der Waals surface area contributed by atoms with Gasteiger partial charge in [-0.1, -0.05) is 72.3 Å². The number of rotatable bonds is 4. The largest absolute Gasteiger partial charge is 0.364 e. The van der Waals surface area contributed by atoms with Gasteiger partial charge in [-0.3, -0.25) is 4.79 Å². The highest BCUT2D eigenvalue weighted by atomic mass is 31.1. The normalized spacial score (nSPS) is 12.0. The number of aryl methyl sites for hydroxylation is 3. The van der Waals surface area contributed by atoms with Crippen molar-refractivity contribution in [2.75, 3.05) is 0 Å². The zero-order chi connectivity index (χ0) is 18.0. The van der Waals surface area contributed by atoms with Crippen LogP contribution in [0.1, 0.15) is 32.6 Å². The molecule has 25 heavy (non-hydrogen) atoms. The fourth-order valence-electron chi connectivity index (χ4n) is 3.23. The monoisotopic (exact) mass is 348 g/mol. The summed E-state index contributed by atoms with van der Waals surface area (Å²) in [4.78, 5) is 24.1. The fourth-order valence-corrected chi connectivity index (χ4v) is 4.60. The van der Waals surface area contributed by atoms with Gasteiger partial charge >= 0.3 is 0 Å². The number of hydrogen-bond donors (Lipinski definition) is 1. The van der Waals surface area contributed by atoms with Gasteiger partial charge in [-0.15, -0.1) is 0 Å². The first-order valence-electron chi connectivity index (χ1n) is 8.24. The summed E-state index contributed by atoms with van der Waals surface area (Å²) in [6, 6.07) is 21.0. The first kappa shape index (κ1) is 17.5. The lowest BCUT2D eigenvalue weighted by molar-refractivity contribution is 0.103. The molecule has 0 heterocycles. The molecule has 0 spiro atoms. The maximum atomic E-state index is 13.3. The second-order valence-corrected chi connectivity index (χ2v) is 7.89. The molecule has 3 aromatic rings. The standard InChI is InChI=1S/C22H21O2P/c1-15-13-16(2)21(17(3)14-15)22(23)19-11-7-8-12-20(19)25(24)18-9-5-4-6-10-18/h4-14,24H,1-3H3. The topological polar surface area (TPSA) is 37.3 Å². The van der Waals surface area contributed by atoms with Gasteiger partial charge in [-0.25, -0.2) is 0 Å². The minimum absolute atomic E-state index is 0.0249. The molecule has 0 saturated carbocycles. The molecular weight excluding hydrogens is 327 g/mol. The SMILES string of the molecule is Cc1cc(C)c(C(=O)c2ccccc2P(O)c2ccccc2)c(C)c1. The van der Waals surface area contributed by atoms with Crippen LogP contribution in [-0.4, -0.2) is 10.7 Å². The molecule has 1 unspecified atom stereocenters. The molecule has 0 radical (unpaired) electrons. The first-order chi connectivity index (χ1) is 12.0. The Morgan fingerprint density at radius 2 is 1.40 bits per heavy atom. The van der Waals surface area contributed by atoms with E-state index in [0.717, 1.165) is 27.6 Å². The summed E-state index contributed by atoms with van der Waals surface area (Å²) in [5.74, 6) is -0.0249. The van der Waals surface area contributed by atoms with Crippen molar-refractivity contribution in [1.29, 1.82) is 0 Å². The van der Waals surface area contributed by atoms with Crippen molar-refractivity contribution in [2.24, 2.45) is 0 Å². The Morgan fingerprint density at radius 3 is 2.04 bits per heavy atom. The van der Waals surface area contributed by atoms with Gasteiger partial charge in [0.05, 0.1) is 8.15 Å². The van der Waals surface area contributed by atoms with E-state index in [0.29, 0.717) is 10.9 Å². The van der Waals surface area contributed by atoms with E-state index in [1.54, 1.807) is 0 Å². The van der Waals surface area contributed by atoms with Crippen LogP contribution in [0, 0.1) is 20.8 Å². The van der Waals surface area contributed by atoms with Gasteiger partial charge in [-0.2, -0.15) is 0 Å². The van der Waals surface area contributed by atoms with Gasteiger partial charge < -0.3 is 4.89 Å². The molecule has 0 bridgehead atoms. The molecule has 1 N–H and O–H groups in total. The molecular formula is C22H21O2P. The van der Waals surface area contributed by atoms with Crippen LogP contribution in [0.15, 0.2) is 66.7 Å². The van der Waals surface area contributed by atoms with E-state index >= 15 is 0 Å². The molecule has 0 aliphatic rings. The third kappa shape index (κ3) is 3.56. The Labute approximate surface area is 150 Å². The van der Waals surface area contributed by atoms with E-state index in [-0.39, 0.29) is 5.78 Å². The summed E-state index contributed by atoms with van der Waals surface area (Å²) >= 11 is 0. The van der Waals surface area contributed by atoms with Gasteiger partial charge in [0, 0.05) is 21.7 Å². The smallest absolute Gasteiger partial charge is 0.194 e. The van der Waals surface area contributed by atoms with E-state index in [1.807, 2.05) is 87.5 Å². The van der Waals surface area contributed by atoms with E-state index in [4.69, 9.17) is 0 Å². The third-order valence-corrected chi connectivity index (χ3v) is 5.92. The second-order valence-electron chi connectivity index (χ2n) is 6.27. The predicted molar refractivity (Wildman–Crippen MR) is 105 cm³/mol. The van der Waals surface area contributed by atoms with Crippen molar-refractivity contribution >= 4 is 24.5 Å². The Kier molecular flexibility index (Phi) is 5.13. The van der Waals surface area contributed by atoms with E-state index in [1.165, 1.54) is 0 Å². The highest BCUT2D eigenvalue weighted by Gasteiger charge is 2.22. The summed E-state index contributed by atoms with van der Waals surface area (Å²) in [7, 11) is -1.56. The summed E-state index contributed by atoms with van der Waals surface area (Å²) < 4.78 is 0. The van der Waals surface area contributed by atoms with Crippen molar-refractivity contribution in [3.63, 3.8) is 0 Å². The highest BCUT2D eigenvalue weighted by molar-refractivity contribution is 7.67. The number of benzene rings is 3. The molecule has 3 heteroatoms. The molecule has 3 rings (SSSR count). The first-order valence-corrected chi connectivity index (χ1v) is 9.54. The summed E-state index contributed by atoms with van der Waals surface area (Å²) in [5.41, 5.74) is 4.40. The molecule has 0 aliphatic carbocycles. The van der Waals surface area contributed by atoms with Crippen LogP contribution in [0.25, 0.3) is 0 Å². The van der Waals surface area contributed by atoms with Crippen molar-refractivity contribution in [1.82, 2.24) is 0 Å². The van der Waals surface area contributed by atoms with E-state index < -0.39 is 8.15 Å². The summed E-state index contributed by atoms with van der Waals surface area (Å²) in [5, 5.41) is 1.54. The second kappa shape index (κ2) is 7.31. The van der Waals surface area contributed by atoms with Crippen molar-refractivity contribution in [3.8, 4) is 0 Å². The molecule has 0 amide bonds. The van der Waals surface area contributed by atoms with Gasteiger partial charge in [0.15, 0.2) is 5.78 Å². The lowest BCUT2D eigenvalue weighted by Crippen LogP contribution is -2.20. The molecule has 3 aromatic carbocycles. The predicted octanol–water partition coefficient (Wildman–Crippen LogP) is 4.18. The highest BCUT2D eigenvalue weighted by Crippen LogP contribution is 2.31. The van der Waals surface area contributed by atoms with Crippen LogP contribution in [0.5, 0.6) is 0 Å². The van der Waals surface area contributed by atoms with Crippen LogP contribution >= 0.6 is 8.15 Å². The number of hydrogen-bond acceptors (Lipinski definition) is 2. The minimum atomic E-state index is -1.56. The molecule has 0 fully saturated rings. The molecule has 0 aromatic heterocycles. The van der Waals surface area contributed by atoms with E-state index in [9.17, 15) is 9.69 Å². The Hall–Kier alpha value is -2.28. The van der Waals surface area contributed by atoms with Gasteiger partial charge in [0.1, 0.15) is 0 Å². The van der Waals surface area contributed by atoms with E-state index in [2.05, 4.69) is 0 Å². The van der Waals surface area contributed by atoms with Crippen LogP contribution in [0.3, 0.4) is 0 Å². The van der Waals surface area contributed by atoms with Crippen molar-refractivity contribution in [2.45, 2.75) is 20.8 Å². The lowest BCUT2D eigenvalue weighted by Gasteiger charge is -2.17. The summed E-state index contributed by atoms with van der Waals surface area (Å²) in [6.45, 7) is 5.97. The number of carbonyl (C=O) groups is 1. The molecule has 0 saturated heterocycles. The maximum absolute atomic E-state index is 13.3. The third-order valence-electron chi connectivity index (χ3n) is 4.28. The lowest BCUT2D eigenvalue weighted by atomic mass is 9.93. The van der Waals surface area contributed by atoms with Crippen LogP contribution in [-0.2, 0) is 0 Å². The van der Waals surface area contributed by atoms with Crippen molar-refractivity contribution in [3.05, 3.63) is 94.5 Å². The van der Waals surface area contributed by atoms with Crippen molar-refractivity contribution < 1.29 is 9.69 Å². The summed E-state index contributed by atoms with van der Waals surface area (Å²) in [6.07, 6.45) is 0. The molecule has 1 atom stereocenters. The average Bonchev–Trinajstić information content (AvgIpc) is 2.61. The number of carbonyl (C=O) groups excluding carboxylic acids is 1. The Bertz CT molecular complexity index is 893. The minimum Gasteiger partial charge on any atom is -0.364 e. The van der Waals surface area contributed by atoms with Crippen LogP contribution in [0.4, 0.5) is 0 Å². The quantitative estimate of drug-likeness (QED) is 0.567. The maximum Gasteiger partial charge on any atom is 0.194 e. The fraction of sp³-hybridized carbons (Fsp3) is 0.136. The number of ketones is 1. The Balaban J connectivity index is 2.09.